The second-order valence-electron chi connectivity index (χ2n) is 4.22. The Morgan fingerprint density at radius 2 is 2.24 bits per heavy atom. The van der Waals surface area contributed by atoms with Crippen LogP contribution < -0.4 is 10.6 Å². The van der Waals surface area contributed by atoms with Gasteiger partial charge in [-0.1, -0.05) is 0 Å². The fraction of sp³-hybridized carbons (Fsp3) is 0.545. The van der Waals surface area contributed by atoms with Gasteiger partial charge in [-0.05, 0) is 18.9 Å². The molecule has 1 saturated heterocycles. The van der Waals surface area contributed by atoms with Crippen LogP contribution in [0.5, 0.6) is 0 Å². The SMILES string of the molecule is CN(CC(=O)N1CCCC1)c1ccnc(N)n1. The molecule has 1 aromatic rings. The summed E-state index contributed by atoms with van der Waals surface area (Å²) < 4.78 is 0. The van der Waals surface area contributed by atoms with Gasteiger partial charge >= 0.3 is 0 Å². The van der Waals surface area contributed by atoms with Crippen LogP contribution in [0.2, 0.25) is 0 Å². The molecule has 2 rings (SSSR count). The zero-order chi connectivity index (χ0) is 12.3. The lowest BCUT2D eigenvalue weighted by Gasteiger charge is -2.21. The third-order valence-electron chi connectivity index (χ3n) is 2.88. The number of nitrogens with zero attached hydrogens (tertiary/aromatic N) is 4. The van der Waals surface area contributed by atoms with Gasteiger partial charge in [-0.2, -0.15) is 4.98 Å². The number of likely N-dealkylation sites (N-methyl/N-ethyl adjacent to an activating group) is 1. The van der Waals surface area contributed by atoms with Gasteiger partial charge in [-0.25, -0.2) is 4.98 Å². The van der Waals surface area contributed by atoms with Crippen molar-refractivity contribution in [3.63, 3.8) is 0 Å². The molecule has 2 heterocycles. The summed E-state index contributed by atoms with van der Waals surface area (Å²) in [7, 11) is 1.83. The first kappa shape index (κ1) is 11.6. The zero-order valence-electron chi connectivity index (χ0n) is 9.96. The summed E-state index contributed by atoms with van der Waals surface area (Å²) in [4.78, 5) is 23.5. The van der Waals surface area contributed by atoms with E-state index in [9.17, 15) is 4.79 Å². The van der Waals surface area contributed by atoms with Crippen molar-refractivity contribution in [2.24, 2.45) is 0 Å². The van der Waals surface area contributed by atoms with Crippen molar-refractivity contribution < 1.29 is 4.79 Å². The predicted octanol–water partition coefficient (Wildman–Crippen LogP) is 0.117. The summed E-state index contributed by atoms with van der Waals surface area (Å²) in [6.45, 7) is 2.08. The average molecular weight is 235 g/mol. The Balaban J connectivity index is 1.96. The lowest BCUT2D eigenvalue weighted by Crippen LogP contribution is -2.37. The highest BCUT2D eigenvalue weighted by atomic mass is 16.2. The van der Waals surface area contributed by atoms with Crippen LogP contribution in [0.15, 0.2) is 12.3 Å². The van der Waals surface area contributed by atoms with Gasteiger partial charge in [0, 0.05) is 26.3 Å². The van der Waals surface area contributed by atoms with E-state index in [2.05, 4.69) is 9.97 Å². The lowest BCUT2D eigenvalue weighted by molar-refractivity contribution is -0.128. The van der Waals surface area contributed by atoms with Crippen LogP contribution >= 0.6 is 0 Å². The number of aromatic nitrogens is 2. The molecule has 0 spiro atoms. The minimum Gasteiger partial charge on any atom is -0.368 e. The molecular formula is C11H17N5O. The largest absolute Gasteiger partial charge is 0.368 e. The third-order valence-corrected chi connectivity index (χ3v) is 2.88. The summed E-state index contributed by atoms with van der Waals surface area (Å²) in [5, 5.41) is 0. The fourth-order valence-corrected chi connectivity index (χ4v) is 1.93. The summed E-state index contributed by atoms with van der Waals surface area (Å²) in [5.41, 5.74) is 5.51. The summed E-state index contributed by atoms with van der Waals surface area (Å²) in [6.07, 6.45) is 3.81. The molecule has 0 bridgehead atoms. The number of carbonyl (C=O) groups excluding carboxylic acids is 1. The van der Waals surface area contributed by atoms with Crippen LogP contribution in [-0.4, -0.2) is 47.5 Å². The number of hydrogen-bond acceptors (Lipinski definition) is 5. The van der Waals surface area contributed by atoms with Gasteiger partial charge in [0.15, 0.2) is 0 Å². The molecule has 1 aromatic heterocycles. The van der Waals surface area contributed by atoms with E-state index in [1.807, 2.05) is 11.9 Å². The van der Waals surface area contributed by atoms with E-state index in [1.54, 1.807) is 17.2 Å². The zero-order valence-corrected chi connectivity index (χ0v) is 9.96. The smallest absolute Gasteiger partial charge is 0.242 e. The predicted molar refractivity (Wildman–Crippen MR) is 65.5 cm³/mol. The molecule has 0 atom stereocenters. The standard InChI is InChI=1S/C11H17N5O/c1-15(9-4-5-13-11(12)14-9)8-10(17)16-6-2-3-7-16/h4-5H,2-3,6-8H2,1H3,(H2,12,13,14). The second-order valence-corrected chi connectivity index (χ2v) is 4.22. The summed E-state index contributed by atoms with van der Waals surface area (Å²) in [5.74, 6) is 1.04. The maximum Gasteiger partial charge on any atom is 0.242 e. The van der Waals surface area contributed by atoms with Gasteiger partial charge in [0.25, 0.3) is 0 Å². The monoisotopic (exact) mass is 235 g/mol. The van der Waals surface area contributed by atoms with E-state index in [0.717, 1.165) is 25.9 Å². The number of rotatable bonds is 3. The van der Waals surface area contributed by atoms with Crippen LogP contribution in [0.4, 0.5) is 11.8 Å². The van der Waals surface area contributed by atoms with Crippen molar-refractivity contribution in [1.29, 1.82) is 0 Å². The van der Waals surface area contributed by atoms with Crippen LogP contribution in [0.1, 0.15) is 12.8 Å². The van der Waals surface area contributed by atoms with Crippen molar-refractivity contribution in [3.8, 4) is 0 Å². The molecule has 0 aliphatic carbocycles. The third kappa shape index (κ3) is 2.83. The minimum atomic E-state index is 0.141. The number of nitrogen functional groups attached to an aromatic ring is 1. The number of nitrogens with two attached hydrogens (primary N) is 1. The van der Waals surface area contributed by atoms with E-state index >= 15 is 0 Å². The van der Waals surface area contributed by atoms with Gasteiger partial charge in [0.05, 0.1) is 6.54 Å². The quantitative estimate of drug-likeness (QED) is 0.805. The van der Waals surface area contributed by atoms with Crippen molar-refractivity contribution in [2.45, 2.75) is 12.8 Å². The second kappa shape index (κ2) is 4.99. The number of amides is 1. The van der Waals surface area contributed by atoms with E-state index in [1.165, 1.54) is 0 Å². The minimum absolute atomic E-state index is 0.141. The van der Waals surface area contributed by atoms with Crippen molar-refractivity contribution in [2.75, 3.05) is 37.3 Å². The lowest BCUT2D eigenvalue weighted by atomic mass is 10.4. The topological polar surface area (TPSA) is 75.4 Å². The number of hydrogen-bond donors (Lipinski definition) is 1. The number of anilines is 2. The van der Waals surface area contributed by atoms with Crippen LogP contribution in [0.3, 0.4) is 0 Å². The Hall–Kier alpha value is -1.85. The van der Waals surface area contributed by atoms with Gasteiger partial charge in [0.1, 0.15) is 5.82 Å². The molecule has 1 aliphatic rings. The van der Waals surface area contributed by atoms with Crippen LogP contribution in [0, 0.1) is 0 Å². The number of carbonyl (C=O) groups is 1. The van der Waals surface area contributed by atoms with E-state index in [-0.39, 0.29) is 11.9 Å². The van der Waals surface area contributed by atoms with Crippen molar-refractivity contribution in [3.05, 3.63) is 12.3 Å². The molecule has 0 aromatic carbocycles. The van der Waals surface area contributed by atoms with Crippen molar-refractivity contribution >= 4 is 17.7 Å². The Bertz CT molecular complexity index is 403. The van der Waals surface area contributed by atoms with Gasteiger partial charge in [-0.15, -0.1) is 0 Å². The van der Waals surface area contributed by atoms with Gasteiger partial charge in [0.2, 0.25) is 11.9 Å². The molecule has 1 fully saturated rings. The Labute approximate surface area is 100 Å². The highest BCUT2D eigenvalue weighted by molar-refractivity contribution is 5.81. The molecule has 6 heteroatoms. The molecule has 2 N–H and O–H groups in total. The highest BCUT2D eigenvalue weighted by Gasteiger charge is 2.19. The molecule has 0 radical (unpaired) electrons. The summed E-state index contributed by atoms with van der Waals surface area (Å²) in [6, 6.07) is 1.74. The van der Waals surface area contributed by atoms with Crippen LogP contribution in [0.25, 0.3) is 0 Å². The fourth-order valence-electron chi connectivity index (χ4n) is 1.93. The molecule has 0 saturated carbocycles. The number of likely N-dealkylation sites (tertiary alicyclic amines) is 1. The molecule has 17 heavy (non-hydrogen) atoms. The van der Waals surface area contributed by atoms with E-state index in [4.69, 9.17) is 5.73 Å². The first-order valence-electron chi connectivity index (χ1n) is 5.74. The molecule has 92 valence electrons. The maximum atomic E-state index is 11.9. The van der Waals surface area contributed by atoms with Crippen molar-refractivity contribution in [1.82, 2.24) is 14.9 Å². The molecular weight excluding hydrogens is 218 g/mol. The maximum absolute atomic E-state index is 11.9. The van der Waals surface area contributed by atoms with Gasteiger partial charge < -0.3 is 15.5 Å². The first-order chi connectivity index (χ1) is 8.16. The Morgan fingerprint density at radius 1 is 1.53 bits per heavy atom. The Morgan fingerprint density at radius 3 is 2.88 bits per heavy atom. The summed E-state index contributed by atoms with van der Waals surface area (Å²) >= 11 is 0. The van der Waals surface area contributed by atoms with E-state index < -0.39 is 0 Å². The highest BCUT2D eigenvalue weighted by Crippen LogP contribution is 2.11. The Kier molecular flexibility index (Phi) is 3.41. The normalized spacial score (nSPS) is 15.0. The molecule has 1 aliphatic heterocycles. The molecule has 0 unspecified atom stereocenters. The van der Waals surface area contributed by atoms with Gasteiger partial charge in [-0.3, -0.25) is 4.79 Å². The van der Waals surface area contributed by atoms with E-state index in [0.29, 0.717) is 12.4 Å². The molecule has 6 nitrogen and oxygen atoms in total. The average Bonchev–Trinajstić information content (AvgIpc) is 2.82. The first-order valence-corrected chi connectivity index (χ1v) is 5.74. The van der Waals surface area contributed by atoms with Crippen LogP contribution in [-0.2, 0) is 4.79 Å². The molecule has 1 amide bonds.